The van der Waals surface area contributed by atoms with E-state index in [1.54, 1.807) is 4.90 Å². The second-order valence-electron chi connectivity index (χ2n) is 4.77. The Kier molecular flexibility index (Phi) is 5.10. The lowest BCUT2D eigenvalue weighted by Gasteiger charge is -2.21. The molecule has 0 atom stereocenters. The van der Waals surface area contributed by atoms with Gasteiger partial charge in [-0.2, -0.15) is 0 Å². The SMILES string of the molecule is NCCN(CCc1ccc2c(c1)CCO2)CC(F)F. The van der Waals surface area contributed by atoms with Gasteiger partial charge >= 0.3 is 0 Å². The zero-order valence-corrected chi connectivity index (χ0v) is 10.9. The first-order chi connectivity index (χ1) is 9.19. The second-order valence-corrected chi connectivity index (χ2v) is 4.77. The van der Waals surface area contributed by atoms with Crippen molar-refractivity contribution in [3.05, 3.63) is 29.3 Å². The molecule has 1 aromatic rings. The fourth-order valence-corrected chi connectivity index (χ4v) is 2.35. The maximum Gasteiger partial charge on any atom is 0.251 e. The molecule has 0 aromatic heterocycles. The number of hydrogen-bond acceptors (Lipinski definition) is 3. The first kappa shape index (κ1) is 14.2. The highest BCUT2D eigenvalue weighted by Crippen LogP contribution is 2.26. The number of nitrogens with zero attached hydrogens (tertiary/aromatic N) is 1. The molecule has 1 aromatic carbocycles. The molecule has 0 saturated heterocycles. The Hall–Kier alpha value is -1.20. The summed E-state index contributed by atoms with van der Waals surface area (Å²) in [6.45, 7) is 2.07. The molecule has 0 saturated carbocycles. The molecule has 0 spiro atoms. The van der Waals surface area contributed by atoms with Gasteiger partial charge in [-0.25, -0.2) is 8.78 Å². The molecule has 0 amide bonds. The van der Waals surface area contributed by atoms with Crippen LogP contribution in [0.15, 0.2) is 18.2 Å². The van der Waals surface area contributed by atoms with Crippen molar-refractivity contribution in [1.29, 1.82) is 0 Å². The summed E-state index contributed by atoms with van der Waals surface area (Å²) in [5, 5.41) is 0. The van der Waals surface area contributed by atoms with Gasteiger partial charge in [0.25, 0.3) is 6.43 Å². The number of halogens is 2. The lowest BCUT2D eigenvalue weighted by molar-refractivity contribution is 0.0902. The number of benzene rings is 1. The van der Waals surface area contributed by atoms with Gasteiger partial charge in [-0.05, 0) is 23.6 Å². The Bertz CT molecular complexity index is 412. The fraction of sp³-hybridized carbons (Fsp3) is 0.571. The molecule has 1 aliphatic rings. The van der Waals surface area contributed by atoms with Crippen LogP contribution >= 0.6 is 0 Å². The zero-order chi connectivity index (χ0) is 13.7. The third-order valence-corrected chi connectivity index (χ3v) is 3.31. The van der Waals surface area contributed by atoms with Crippen molar-refractivity contribution in [3.8, 4) is 5.75 Å². The van der Waals surface area contributed by atoms with Crippen LogP contribution in [0.4, 0.5) is 8.78 Å². The maximum atomic E-state index is 12.4. The summed E-state index contributed by atoms with van der Waals surface area (Å²) < 4.78 is 30.3. The number of alkyl halides is 2. The van der Waals surface area contributed by atoms with Crippen LogP contribution in [-0.4, -0.2) is 44.1 Å². The Morgan fingerprint density at radius 2 is 2.16 bits per heavy atom. The van der Waals surface area contributed by atoms with Crippen LogP contribution in [0.3, 0.4) is 0 Å². The highest BCUT2D eigenvalue weighted by atomic mass is 19.3. The van der Waals surface area contributed by atoms with Gasteiger partial charge in [0.2, 0.25) is 0 Å². The lowest BCUT2D eigenvalue weighted by atomic mass is 10.1. The quantitative estimate of drug-likeness (QED) is 0.819. The van der Waals surface area contributed by atoms with E-state index in [2.05, 4.69) is 6.07 Å². The molecule has 2 N–H and O–H groups in total. The summed E-state index contributed by atoms with van der Waals surface area (Å²) in [7, 11) is 0. The molecule has 0 unspecified atom stereocenters. The monoisotopic (exact) mass is 270 g/mol. The van der Waals surface area contributed by atoms with Crippen LogP contribution in [0, 0.1) is 0 Å². The summed E-state index contributed by atoms with van der Waals surface area (Å²) >= 11 is 0. The van der Waals surface area contributed by atoms with Gasteiger partial charge in [0.15, 0.2) is 0 Å². The first-order valence-corrected chi connectivity index (χ1v) is 6.64. The normalized spacial score (nSPS) is 13.9. The minimum atomic E-state index is -2.31. The third kappa shape index (κ3) is 4.14. The lowest BCUT2D eigenvalue weighted by Crippen LogP contribution is -2.35. The number of ether oxygens (including phenoxy) is 1. The molecule has 0 radical (unpaired) electrons. The van der Waals surface area contributed by atoms with Gasteiger partial charge in [-0.1, -0.05) is 12.1 Å². The predicted molar refractivity (Wildman–Crippen MR) is 70.8 cm³/mol. The molecule has 0 bridgehead atoms. The van der Waals surface area contributed by atoms with Gasteiger partial charge in [0.05, 0.1) is 13.2 Å². The van der Waals surface area contributed by atoms with Gasteiger partial charge in [-0.3, -0.25) is 4.90 Å². The van der Waals surface area contributed by atoms with Crippen LogP contribution in [0.1, 0.15) is 11.1 Å². The topological polar surface area (TPSA) is 38.5 Å². The fourth-order valence-electron chi connectivity index (χ4n) is 2.35. The molecule has 19 heavy (non-hydrogen) atoms. The first-order valence-electron chi connectivity index (χ1n) is 6.64. The molecular weight excluding hydrogens is 250 g/mol. The summed E-state index contributed by atoms with van der Waals surface area (Å²) in [4.78, 5) is 1.72. The number of fused-ring (bicyclic) bond motifs is 1. The van der Waals surface area contributed by atoms with E-state index >= 15 is 0 Å². The van der Waals surface area contributed by atoms with Gasteiger partial charge in [0.1, 0.15) is 5.75 Å². The van der Waals surface area contributed by atoms with E-state index in [0.717, 1.165) is 25.2 Å². The van der Waals surface area contributed by atoms with Crippen molar-refractivity contribution in [2.24, 2.45) is 5.73 Å². The van der Waals surface area contributed by atoms with Crippen molar-refractivity contribution in [3.63, 3.8) is 0 Å². The maximum absolute atomic E-state index is 12.4. The third-order valence-electron chi connectivity index (χ3n) is 3.31. The number of rotatable bonds is 7. The molecule has 5 heteroatoms. The standard InChI is InChI=1S/C14H20F2N2O/c15-14(16)10-18(7-5-17)6-3-11-1-2-13-12(9-11)4-8-19-13/h1-2,9,14H,3-8,10,17H2. The van der Waals surface area contributed by atoms with Crippen molar-refractivity contribution in [2.75, 3.05) is 32.8 Å². The molecule has 3 nitrogen and oxygen atoms in total. The predicted octanol–water partition coefficient (Wildman–Crippen LogP) is 1.69. The van der Waals surface area contributed by atoms with Crippen molar-refractivity contribution in [1.82, 2.24) is 4.90 Å². The number of nitrogens with two attached hydrogens (primary N) is 1. The zero-order valence-electron chi connectivity index (χ0n) is 10.9. The molecule has 1 aliphatic heterocycles. The van der Waals surface area contributed by atoms with Crippen molar-refractivity contribution in [2.45, 2.75) is 19.3 Å². The van der Waals surface area contributed by atoms with Crippen molar-refractivity contribution < 1.29 is 13.5 Å². The second kappa shape index (κ2) is 6.82. The van der Waals surface area contributed by atoms with E-state index in [-0.39, 0.29) is 6.54 Å². The summed E-state index contributed by atoms with van der Waals surface area (Å²) in [6, 6.07) is 6.09. The van der Waals surface area contributed by atoms with E-state index in [9.17, 15) is 8.78 Å². The van der Waals surface area contributed by atoms with Gasteiger partial charge in [0, 0.05) is 26.1 Å². The molecule has 0 aliphatic carbocycles. The highest BCUT2D eigenvalue weighted by Gasteiger charge is 2.14. The smallest absolute Gasteiger partial charge is 0.251 e. The molecule has 0 fully saturated rings. The van der Waals surface area contributed by atoms with Crippen LogP contribution < -0.4 is 10.5 Å². The highest BCUT2D eigenvalue weighted by molar-refractivity contribution is 5.39. The minimum Gasteiger partial charge on any atom is -0.493 e. The minimum absolute atomic E-state index is 0.203. The molecule has 2 rings (SSSR count). The molecular formula is C14H20F2N2O. The van der Waals surface area contributed by atoms with E-state index in [0.29, 0.717) is 19.6 Å². The van der Waals surface area contributed by atoms with Crippen LogP contribution in [0.2, 0.25) is 0 Å². The Labute approximate surface area is 112 Å². The van der Waals surface area contributed by atoms with Crippen LogP contribution in [-0.2, 0) is 12.8 Å². The van der Waals surface area contributed by atoms with Crippen LogP contribution in [0.25, 0.3) is 0 Å². The summed E-state index contributed by atoms with van der Waals surface area (Å²) in [5.74, 6) is 0.954. The average Bonchev–Trinajstić information content (AvgIpc) is 2.83. The van der Waals surface area contributed by atoms with Crippen molar-refractivity contribution >= 4 is 0 Å². The van der Waals surface area contributed by atoms with E-state index in [1.165, 1.54) is 11.1 Å². The summed E-state index contributed by atoms with van der Waals surface area (Å²) in [5.41, 5.74) is 7.83. The van der Waals surface area contributed by atoms with Gasteiger partial charge in [-0.15, -0.1) is 0 Å². The Balaban J connectivity index is 1.89. The Morgan fingerprint density at radius 3 is 2.89 bits per heavy atom. The largest absolute Gasteiger partial charge is 0.493 e. The Morgan fingerprint density at radius 1 is 1.32 bits per heavy atom. The summed E-state index contributed by atoms with van der Waals surface area (Å²) in [6.07, 6.45) is -0.604. The van der Waals surface area contributed by atoms with E-state index in [4.69, 9.17) is 10.5 Å². The van der Waals surface area contributed by atoms with Crippen LogP contribution in [0.5, 0.6) is 5.75 Å². The number of hydrogen-bond donors (Lipinski definition) is 1. The molecule has 1 heterocycles. The van der Waals surface area contributed by atoms with E-state index < -0.39 is 6.43 Å². The van der Waals surface area contributed by atoms with Gasteiger partial charge < -0.3 is 10.5 Å². The van der Waals surface area contributed by atoms with E-state index in [1.807, 2.05) is 12.1 Å². The molecule has 106 valence electrons. The average molecular weight is 270 g/mol.